The molecule has 0 aliphatic heterocycles. The fraction of sp³-hybridized carbons (Fsp3) is 0.235. The fourth-order valence-electron chi connectivity index (χ4n) is 2.79. The van der Waals surface area contributed by atoms with E-state index in [0.717, 1.165) is 5.52 Å². The van der Waals surface area contributed by atoms with Crippen LogP contribution in [0.4, 0.5) is 0 Å². The van der Waals surface area contributed by atoms with Crippen molar-refractivity contribution in [3.05, 3.63) is 54.2 Å². The Hall–Kier alpha value is -1.89. The lowest BCUT2D eigenvalue weighted by Crippen LogP contribution is -2.04. The van der Waals surface area contributed by atoms with Crippen molar-refractivity contribution in [2.75, 3.05) is 0 Å². The molecule has 3 aromatic rings. The lowest BCUT2D eigenvalue weighted by atomic mass is 9.96. The predicted molar refractivity (Wildman–Crippen MR) is 75.8 cm³/mol. The molecule has 0 spiro atoms. The second-order valence-electron chi connectivity index (χ2n) is 5.58. The van der Waals surface area contributed by atoms with Crippen molar-refractivity contribution >= 4 is 21.7 Å². The summed E-state index contributed by atoms with van der Waals surface area (Å²) in [5.74, 6) is 0. The number of pyridine rings is 1. The summed E-state index contributed by atoms with van der Waals surface area (Å²) in [6, 6.07) is 17.1. The van der Waals surface area contributed by atoms with Gasteiger partial charge in [0, 0.05) is 16.2 Å². The third kappa shape index (κ3) is 1.30. The van der Waals surface area contributed by atoms with Gasteiger partial charge in [0.05, 0.1) is 11.2 Å². The molecule has 0 N–H and O–H groups in total. The summed E-state index contributed by atoms with van der Waals surface area (Å²) in [5.41, 5.74) is 2.72. The predicted octanol–water partition coefficient (Wildman–Crippen LogP) is 4.44. The van der Waals surface area contributed by atoms with Crippen LogP contribution in [0.25, 0.3) is 21.7 Å². The molecule has 0 unspecified atom stereocenters. The van der Waals surface area contributed by atoms with Crippen molar-refractivity contribution in [2.45, 2.75) is 25.2 Å². The molecule has 1 aromatic heterocycles. The van der Waals surface area contributed by atoms with Gasteiger partial charge in [0.15, 0.2) is 0 Å². The standard InChI is InChI=1S/C17H15N/c1-17(10-11-17)16-14-8-3-2-6-12(14)13-7-4-5-9-15(13)18-16/h2-9H,10-11H2,1H3. The number of rotatable bonds is 1. The average molecular weight is 233 g/mol. The number of hydrogen-bond acceptors (Lipinski definition) is 1. The van der Waals surface area contributed by atoms with Crippen molar-refractivity contribution in [3.63, 3.8) is 0 Å². The Kier molecular flexibility index (Phi) is 1.86. The molecule has 1 nitrogen and oxygen atoms in total. The molecule has 0 atom stereocenters. The van der Waals surface area contributed by atoms with Crippen molar-refractivity contribution in [1.82, 2.24) is 4.98 Å². The Morgan fingerprint density at radius 2 is 1.44 bits per heavy atom. The van der Waals surface area contributed by atoms with Gasteiger partial charge in [0.1, 0.15) is 0 Å². The zero-order valence-electron chi connectivity index (χ0n) is 10.5. The van der Waals surface area contributed by atoms with Gasteiger partial charge in [-0.3, -0.25) is 4.98 Å². The van der Waals surface area contributed by atoms with Gasteiger partial charge in [-0.1, -0.05) is 49.4 Å². The van der Waals surface area contributed by atoms with Gasteiger partial charge in [-0.2, -0.15) is 0 Å². The lowest BCUT2D eigenvalue weighted by Gasteiger charge is -2.14. The molecule has 0 saturated heterocycles. The first kappa shape index (κ1) is 10.1. The first-order chi connectivity index (χ1) is 8.78. The van der Waals surface area contributed by atoms with E-state index in [1.54, 1.807) is 0 Å². The first-order valence-corrected chi connectivity index (χ1v) is 6.56. The smallest absolute Gasteiger partial charge is 0.0712 e. The molecular weight excluding hydrogens is 218 g/mol. The maximum absolute atomic E-state index is 4.94. The summed E-state index contributed by atoms with van der Waals surface area (Å²) < 4.78 is 0. The van der Waals surface area contributed by atoms with Crippen LogP contribution in [0.15, 0.2) is 48.5 Å². The second-order valence-corrected chi connectivity index (χ2v) is 5.58. The van der Waals surface area contributed by atoms with Crippen LogP contribution in [0, 0.1) is 0 Å². The van der Waals surface area contributed by atoms with Crippen molar-refractivity contribution in [2.24, 2.45) is 0 Å². The molecule has 1 heteroatoms. The molecule has 1 saturated carbocycles. The van der Waals surface area contributed by atoms with Crippen molar-refractivity contribution < 1.29 is 0 Å². The summed E-state index contributed by atoms with van der Waals surface area (Å²) in [4.78, 5) is 4.94. The highest BCUT2D eigenvalue weighted by Crippen LogP contribution is 2.49. The molecule has 1 aliphatic rings. The summed E-state index contributed by atoms with van der Waals surface area (Å²) in [7, 11) is 0. The van der Waals surface area contributed by atoms with Crippen LogP contribution in [0.3, 0.4) is 0 Å². The maximum Gasteiger partial charge on any atom is 0.0712 e. The number of para-hydroxylation sites is 1. The van der Waals surface area contributed by atoms with Crippen LogP contribution < -0.4 is 0 Å². The summed E-state index contributed by atoms with van der Waals surface area (Å²) in [6.07, 6.45) is 2.53. The van der Waals surface area contributed by atoms with Gasteiger partial charge in [0.25, 0.3) is 0 Å². The number of benzene rings is 2. The Balaban J connectivity index is 2.22. The minimum atomic E-state index is 0.309. The zero-order chi connectivity index (χ0) is 12.2. The molecule has 0 bridgehead atoms. The molecule has 1 heterocycles. The number of nitrogens with zero attached hydrogens (tertiary/aromatic N) is 1. The van der Waals surface area contributed by atoms with Crippen LogP contribution in [-0.2, 0) is 5.41 Å². The van der Waals surface area contributed by atoms with Gasteiger partial charge in [-0.25, -0.2) is 0 Å². The van der Waals surface area contributed by atoms with E-state index in [-0.39, 0.29) is 0 Å². The van der Waals surface area contributed by atoms with E-state index in [1.165, 1.54) is 34.7 Å². The topological polar surface area (TPSA) is 12.9 Å². The highest BCUT2D eigenvalue weighted by Gasteiger charge is 2.41. The minimum absolute atomic E-state index is 0.309. The zero-order valence-corrected chi connectivity index (χ0v) is 10.5. The Morgan fingerprint density at radius 1 is 0.833 bits per heavy atom. The maximum atomic E-state index is 4.94. The van der Waals surface area contributed by atoms with Gasteiger partial charge in [-0.05, 0) is 24.3 Å². The summed E-state index contributed by atoms with van der Waals surface area (Å²) in [6.45, 7) is 2.33. The monoisotopic (exact) mass is 233 g/mol. The Morgan fingerprint density at radius 3 is 2.17 bits per heavy atom. The van der Waals surface area contributed by atoms with Crippen LogP contribution in [-0.4, -0.2) is 4.98 Å². The fourth-order valence-corrected chi connectivity index (χ4v) is 2.79. The van der Waals surface area contributed by atoms with Gasteiger partial charge < -0.3 is 0 Å². The molecule has 0 amide bonds. The molecule has 18 heavy (non-hydrogen) atoms. The average Bonchev–Trinajstić information content (AvgIpc) is 3.17. The quantitative estimate of drug-likeness (QED) is 0.566. The van der Waals surface area contributed by atoms with Crippen LogP contribution in [0.1, 0.15) is 25.5 Å². The van der Waals surface area contributed by atoms with Crippen LogP contribution in [0.5, 0.6) is 0 Å². The van der Waals surface area contributed by atoms with E-state index in [0.29, 0.717) is 5.41 Å². The van der Waals surface area contributed by atoms with Gasteiger partial charge in [0.2, 0.25) is 0 Å². The number of fused-ring (bicyclic) bond motifs is 3. The first-order valence-electron chi connectivity index (χ1n) is 6.56. The molecule has 88 valence electrons. The van der Waals surface area contributed by atoms with Crippen LogP contribution in [0.2, 0.25) is 0 Å². The van der Waals surface area contributed by atoms with Crippen LogP contribution >= 0.6 is 0 Å². The molecule has 0 radical (unpaired) electrons. The van der Waals surface area contributed by atoms with Crippen molar-refractivity contribution in [3.8, 4) is 0 Å². The summed E-state index contributed by atoms with van der Waals surface area (Å²) in [5, 5.41) is 3.93. The van der Waals surface area contributed by atoms with E-state index in [4.69, 9.17) is 4.98 Å². The lowest BCUT2D eigenvalue weighted by molar-refractivity contribution is 0.765. The number of hydrogen-bond donors (Lipinski definition) is 0. The molecule has 1 fully saturated rings. The van der Waals surface area contributed by atoms with E-state index in [9.17, 15) is 0 Å². The third-order valence-corrected chi connectivity index (χ3v) is 4.18. The Labute approximate surface area is 106 Å². The van der Waals surface area contributed by atoms with Gasteiger partial charge >= 0.3 is 0 Å². The highest BCUT2D eigenvalue weighted by molar-refractivity contribution is 6.06. The molecule has 1 aliphatic carbocycles. The third-order valence-electron chi connectivity index (χ3n) is 4.18. The highest BCUT2D eigenvalue weighted by atomic mass is 14.8. The molecule has 2 aromatic carbocycles. The molecular formula is C17H15N. The van der Waals surface area contributed by atoms with E-state index in [2.05, 4.69) is 55.5 Å². The minimum Gasteiger partial charge on any atom is -0.252 e. The van der Waals surface area contributed by atoms with E-state index in [1.807, 2.05) is 0 Å². The Bertz CT molecular complexity index is 754. The van der Waals surface area contributed by atoms with E-state index >= 15 is 0 Å². The van der Waals surface area contributed by atoms with E-state index < -0.39 is 0 Å². The SMILES string of the molecule is CC1(c2nc3ccccc3c3ccccc23)CC1. The van der Waals surface area contributed by atoms with Gasteiger partial charge in [-0.15, -0.1) is 0 Å². The largest absolute Gasteiger partial charge is 0.252 e. The molecule has 4 rings (SSSR count). The number of aromatic nitrogens is 1. The normalized spacial score (nSPS) is 17.2. The summed E-state index contributed by atoms with van der Waals surface area (Å²) >= 11 is 0. The second kappa shape index (κ2) is 3.32. The van der Waals surface area contributed by atoms with Crippen molar-refractivity contribution in [1.29, 1.82) is 0 Å².